The summed E-state index contributed by atoms with van der Waals surface area (Å²) in [5.74, 6) is -0.371. The molecule has 0 aliphatic rings. The first kappa shape index (κ1) is 8.40. The topological polar surface area (TPSA) is 56.9 Å². The highest BCUT2D eigenvalue weighted by Gasteiger charge is 2.14. The molecule has 0 amide bonds. The smallest absolute Gasteiger partial charge is 0.266 e. The van der Waals surface area contributed by atoms with Crippen LogP contribution in [0.5, 0.6) is 5.75 Å². The third kappa shape index (κ3) is 1.48. The quantitative estimate of drug-likeness (QED) is 0.696. The molecule has 1 aromatic rings. The monoisotopic (exact) mass is 170 g/mol. The number of nitrogens with zero attached hydrogens (tertiary/aromatic N) is 2. The van der Waals surface area contributed by atoms with Crippen molar-refractivity contribution in [3.8, 4) is 11.8 Å². The Morgan fingerprint density at radius 1 is 1.58 bits per heavy atom. The van der Waals surface area contributed by atoms with Crippen molar-refractivity contribution in [2.45, 2.75) is 6.43 Å². The summed E-state index contributed by atoms with van der Waals surface area (Å²) < 4.78 is 24.2. The number of nitriles is 1. The molecule has 0 bridgehead atoms. The second-order valence-corrected chi connectivity index (χ2v) is 2.04. The fraction of sp³-hybridized carbons (Fsp3) is 0.143. The molecule has 0 aliphatic heterocycles. The highest BCUT2D eigenvalue weighted by atomic mass is 19.3. The van der Waals surface area contributed by atoms with Crippen LogP contribution in [0.3, 0.4) is 0 Å². The van der Waals surface area contributed by atoms with Crippen molar-refractivity contribution in [2.75, 3.05) is 0 Å². The Kier molecular flexibility index (Phi) is 2.19. The number of hydrogen-bond acceptors (Lipinski definition) is 3. The minimum Gasteiger partial charge on any atom is -0.506 e. The first-order chi connectivity index (χ1) is 5.65. The summed E-state index contributed by atoms with van der Waals surface area (Å²) in [6.45, 7) is 0. The van der Waals surface area contributed by atoms with E-state index in [-0.39, 0.29) is 11.4 Å². The number of alkyl halides is 2. The Bertz CT molecular complexity index is 333. The normalized spacial score (nSPS) is 9.83. The molecule has 0 unspecified atom stereocenters. The Labute approximate surface area is 66.9 Å². The second-order valence-electron chi connectivity index (χ2n) is 2.04. The van der Waals surface area contributed by atoms with Crippen molar-refractivity contribution in [3.63, 3.8) is 0 Å². The van der Waals surface area contributed by atoms with Gasteiger partial charge in [-0.05, 0) is 6.07 Å². The zero-order valence-electron chi connectivity index (χ0n) is 5.83. The van der Waals surface area contributed by atoms with E-state index in [1.807, 2.05) is 0 Å². The molecule has 5 heteroatoms. The minimum atomic E-state index is -2.79. The fourth-order valence-corrected chi connectivity index (χ4v) is 0.730. The summed E-state index contributed by atoms with van der Waals surface area (Å²) >= 11 is 0. The number of hydrogen-bond donors (Lipinski definition) is 1. The SMILES string of the molecule is N#Cc1ncc(O)cc1C(F)F. The molecule has 1 aromatic heterocycles. The first-order valence-corrected chi connectivity index (χ1v) is 3.02. The average Bonchev–Trinajstić information content (AvgIpc) is 2.04. The van der Waals surface area contributed by atoms with Crippen molar-refractivity contribution in [3.05, 3.63) is 23.5 Å². The molecule has 0 aromatic carbocycles. The van der Waals surface area contributed by atoms with Crippen molar-refractivity contribution in [2.24, 2.45) is 0 Å². The maximum atomic E-state index is 12.1. The van der Waals surface area contributed by atoms with Crippen LogP contribution in [0.4, 0.5) is 8.78 Å². The molecular formula is C7H4F2N2O. The van der Waals surface area contributed by atoms with E-state index in [2.05, 4.69) is 4.98 Å². The van der Waals surface area contributed by atoms with Gasteiger partial charge in [-0.25, -0.2) is 13.8 Å². The summed E-state index contributed by atoms with van der Waals surface area (Å²) in [7, 11) is 0. The number of aromatic hydroxyl groups is 1. The zero-order chi connectivity index (χ0) is 9.14. The average molecular weight is 170 g/mol. The van der Waals surface area contributed by atoms with Crippen LogP contribution in [0.15, 0.2) is 12.3 Å². The molecule has 1 N–H and O–H groups in total. The van der Waals surface area contributed by atoms with Gasteiger partial charge in [0.1, 0.15) is 17.5 Å². The highest BCUT2D eigenvalue weighted by molar-refractivity contribution is 5.36. The molecule has 0 fully saturated rings. The van der Waals surface area contributed by atoms with Gasteiger partial charge in [-0.2, -0.15) is 5.26 Å². The van der Waals surface area contributed by atoms with E-state index in [9.17, 15) is 8.78 Å². The summed E-state index contributed by atoms with van der Waals surface area (Å²) in [4.78, 5) is 3.33. The van der Waals surface area contributed by atoms with Gasteiger partial charge in [0.15, 0.2) is 0 Å². The summed E-state index contributed by atoms with van der Waals surface area (Å²) in [6.07, 6.45) is -1.84. The molecule has 0 aliphatic carbocycles. The fourth-order valence-electron chi connectivity index (χ4n) is 0.730. The lowest BCUT2D eigenvalue weighted by molar-refractivity contribution is 0.150. The van der Waals surface area contributed by atoms with Crippen molar-refractivity contribution in [1.29, 1.82) is 5.26 Å². The van der Waals surface area contributed by atoms with E-state index in [0.717, 1.165) is 12.3 Å². The van der Waals surface area contributed by atoms with Gasteiger partial charge in [-0.1, -0.05) is 0 Å². The summed E-state index contributed by atoms with van der Waals surface area (Å²) in [5, 5.41) is 17.1. The van der Waals surface area contributed by atoms with E-state index < -0.39 is 12.0 Å². The van der Waals surface area contributed by atoms with Crippen LogP contribution >= 0.6 is 0 Å². The molecule has 0 atom stereocenters. The van der Waals surface area contributed by atoms with Crippen molar-refractivity contribution in [1.82, 2.24) is 4.98 Å². The molecule has 62 valence electrons. The molecule has 0 radical (unpaired) electrons. The largest absolute Gasteiger partial charge is 0.506 e. The molecule has 3 nitrogen and oxygen atoms in total. The van der Waals surface area contributed by atoms with Crippen LogP contribution in [-0.2, 0) is 0 Å². The maximum Gasteiger partial charge on any atom is 0.266 e. The van der Waals surface area contributed by atoms with Gasteiger partial charge >= 0.3 is 0 Å². The lowest BCUT2D eigenvalue weighted by atomic mass is 10.2. The van der Waals surface area contributed by atoms with Gasteiger partial charge < -0.3 is 5.11 Å². The predicted octanol–water partition coefficient (Wildman–Crippen LogP) is 1.60. The molecule has 0 saturated carbocycles. The Hall–Kier alpha value is -1.70. The predicted molar refractivity (Wildman–Crippen MR) is 35.6 cm³/mol. The molecule has 12 heavy (non-hydrogen) atoms. The molecule has 1 heterocycles. The lowest BCUT2D eigenvalue weighted by Gasteiger charge is -2.00. The zero-order valence-corrected chi connectivity index (χ0v) is 5.83. The van der Waals surface area contributed by atoms with Gasteiger partial charge in [0, 0.05) is 0 Å². The molecule has 1 rings (SSSR count). The molecule has 0 spiro atoms. The maximum absolute atomic E-state index is 12.1. The van der Waals surface area contributed by atoms with E-state index >= 15 is 0 Å². The Morgan fingerprint density at radius 2 is 2.25 bits per heavy atom. The van der Waals surface area contributed by atoms with Crippen LogP contribution in [0.2, 0.25) is 0 Å². The number of rotatable bonds is 1. The second kappa shape index (κ2) is 3.13. The third-order valence-electron chi connectivity index (χ3n) is 1.24. The van der Waals surface area contributed by atoms with E-state index in [0.29, 0.717) is 0 Å². The third-order valence-corrected chi connectivity index (χ3v) is 1.24. The van der Waals surface area contributed by atoms with Crippen molar-refractivity contribution < 1.29 is 13.9 Å². The van der Waals surface area contributed by atoms with Crippen LogP contribution in [0, 0.1) is 11.3 Å². The minimum absolute atomic E-state index is 0.359. The van der Waals surface area contributed by atoms with Gasteiger partial charge in [0.2, 0.25) is 0 Å². The van der Waals surface area contributed by atoms with Crippen LogP contribution in [0.1, 0.15) is 17.7 Å². The van der Waals surface area contributed by atoms with E-state index in [4.69, 9.17) is 10.4 Å². The van der Waals surface area contributed by atoms with Crippen LogP contribution < -0.4 is 0 Å². The van der Waals surface area contributed by atoms with Crippen LogP contribution in [-0.4, -0.2) is 10.1 Å². The highest BCUT2D eigenvalue weighted by Crippen LogP contribution is 2.24. The van der Waals surface area contributed by atoms with Crippen molar-refractivity contribution >= 4 is 0 Å². The summed E-state index contributed by atoms with van der Waals surface area (Å²) in [6, 6.07) is 2.33. The van der Waals surface area contributed by atoms with Gasteiger partial charge in [0.25, 0.3) is 6.43 Å². The van der Waals surface area contributed by atoms with Crippen LogP contribution in [0.25, 0.3) is 0 Å². The number of aromatic nitrogens is 1. The summed E-state index contributed by atoms with van der Waals surface area (Å²) in [5.41, 5.74) is -0.902. The lowest BCUT2D eigenvalue weighted by Crippen LogP contribution is -1.93. The number of halogens is 2. The van der Waals surface area contributed by atoms with E-state index in [1.165, 1.54) is 6.07 Å². The van der Waals surface area contributed by atoms with Gasteiger partial charge in [0.05, 0.1) is 11.8 Å². The Morgan fingerprint density at radius 3 is 2.75 bits per heavy atom. The van der Waals surface area contributed by atoms with Gasteiger partial charge in [-0.15, -0.1) is 0 Å². The standard InChI is InChI=1S/C7H4F2N2O/c8-7(9)5-1-4(12)3-11-6(5)2-10/h1,3,7,12H. The molecule has 0 saturated heterocycles. The van der Waals surface area contributed by atoms with Gasteiger partial charge in [-0.3, -0.25) is 0 Å². The first-order valence-electron chi connectivity index (χ1n) is 3.02. The number of pyridine rings is 1. The molecular weight excluding hydrogens is 166 g/mol. The van der Waals surface area contributed by atoms with E-state index in [1.54, 1.807) is 0 Å². The Balaban J connectivity index is 3.24.